The van der Waals surface area contributed by atoms with Crippen molar-refractivity contribution in [3.05, 3.63) is 0 Å². The lowest BCUT2D eigenvalue weighted by molar-refractivity contribution is -0.0510. The molecular formula is C15H30N2O. The van der Waals surface area contributed by atoms with Gasteiger partial charge >= 0.3 is 0 Å². The van der Waals surface area contributed by atoms with Crippen molar-refractivity contribution in [1.82, 2.24) is 9.80 Å². The van der Waals surface area contributed by atoms with Gasteiger partial charge in [-0.1, -0.05) is 20.8 Å². The number of aliphatic hydroxyl groups is 1. The first-order chi connectivity index (χ1) is 8.52. The van der Waals surface area contributed by atoms with Gasteiger partial charge in [0.2, 0.25) is 0 Å². The number of nitrogens with zero attached hydrogens (tertiary/aromatic N) is 2. The van der Waals surface area contributed by atoms with Crippen LogP contribution in [0.15, 0.2) is 0 Å². The first-order valence-electron chi connectivity index (χ1n) is 7.69. The minimum atomic E-state index is -0.121. The van der Waals surface area contributed by atoms with E-state index >= 15 is 0 Å². The fourth-order valence-electron chi connectivity index (χ4n) is 4.17. The van der Waals surface area contributed by atoms with E-state index in [-0.39, 0.29) is 6.10 Å². The van der Waals surface area contributed by atoms with E-state index in [0.29, 0.717) is 23.9 Å². The minimum absolute atomic E-state index is 0.121. The summed E-state index contributed by atoms with van der Waals surface area (Å²) in [7, 11) is 0. The maximum absolute atomic E-state index is 10.4. The van der Waals surface area contributed by atoms with Gasteiger partial charge < -0.3 is 5.11 Å². The van der Waals surface area contributed by atoms with E-state index in [9.17, 15) is 5.11 Å². The van der Waals surface area contributed by atoms with E-state index in [2.05, 4.69) is 37.5 Å². The normalized spacial score (nSPS) is 44.2. The van der Waals surface area contributed by atoms with Crippen LogP contribution in [0.25, 0.3) is 0 Å². The second-order valence-electron chi connectivity index (χ2n) is 6.58. The molecule has 3 heteroatoms. The van der Waals surface area contributed by atoms with E-state index in [4.69, 9.17) is 0 Å². The summed E-state index contributed by atoms with van der Waals surface area (Å²) in [5.41, 5.74) is 0. The van der Waals surface area contributed by atoms with Crippen molar-refractivity contribution in [3.8, 4) is 0 Å². The highest BCUT2D eigenvalue weighted by molar-refractivity contribution is 4.93. The molecule has 2 rings (SSSR count). The summed E-state index contributed by atoms with van der Waals surface area (Å²) in [5.74, 6) is 1.31. The number of likely N-dealkylation sites (N-methyl/N-ethyl adjacent to an activating group) is 1. The van der Waals surface area contributed by atoms with Crippen LogP contribution in [-0.4, -0.2) is 59.3 Å². The lowest BCUT2D eigenvalue weighted by atomic mass is 9.77. The Bertz CT molecular complexity index is 259. The summed E-state index contributed by atoms with van der Waals surface area (Å²) in [6, 6.07) is 1.02. The Morgan fingerprint density at radius 2 is 1.83 bits per heavy atom. The topological polar surface area (TPSA) is 26.7 Å². The molecule has 2 aliphatic rings. The molecule has 0 aromatic carbocycles. The highest BCUT2D eigenvalue weighted by Crippen LogP contribution is 2.33. The van der Waals surface area contributed by atoms with Gasteiger partial charge in [-0.15, -0.1) is 0 Å². The lowest BCUT2D eigenvalue weighted by Crippen LogP contribution is -2.60. The Labute approximate surface area is 112 Å². The van der Waals surface area contributed by atoms with Crippen LogP contribution in [-0.2, 0) is 0 Å². The average molecular weight is 254 g/mol. The zero-order valence-electron chi connectivity index (χ0n) is 12.5. The van der Waals surface area contributed by atoms with Crippen LogP contribution in [0.5, 0.6) is 0 Å². The standard InChI is InChI=1S/C15H30N2O/c1-5-16-6-7-17(10-13(16)4)15-12(3)8-11(2)9-14(15)18/h11-15,18H,5-10H2,1-4H3. The van der Waals surface area contributed by atoms with Gasteiger partial charge in [-0.3, -0.25) is 9.80 Å². The van der Waals surface area contributed by atoms with Crippen molar-refractivity contribution in [2.45, 2.75) is 58.7 Å². The molecule has 1 N–H and O–H groups in total. The number of aliphatic hydroxyl groups excluding tert-OH is 1. The van der Waals surface area contributed by atoms with Crippen LogP contribution in [0.3, 0.4) is 0 Å². The Hall–Kier alpha value is -0.120. The maximum Gasteiger partial charge on any atom is 0.0700 e. The third kappa shape index (κ3) is 2.89. The molecule has 1 saturated carbocycles. The molecule has 5 unspecified atom stereocenters. The summed E-state index contributed by atoms with van der Waals surface area (Å²) in [5, 5.41) is 10.4. The van der Waals surface area contributed by atoms with Crippen LogP contribution in [0.2, 0.25) is 0 Å². The molecule has 0 amide bonds. The van der Waals surface area contributed by atoms with Crippen LogP contribution in [0.1, 0.15) is 40.5 Å². The van der Waals surface area contributed by atoms with Gasteiger partial charge in [-0.25, -0.2) is 0 Å². The SMILES string of the molecule is CCN1CCN(C2C(C)CC(C)CC2O)CC1C. The van der Waals surface area contributed by atoms with Crippen molar-refractivity contribution in [2.75, 3.05) is 26.2 Å². The fraction of sp³-hybridized carbons (Fsp3) is 1.00. The molecule has 2 fully saturated rings. The van der Waals surface area contributed by atoms with Crippen LogP contribution < -0.4 is 0 Å². The number of rotatable bonds is 2. The van der Waals surface area contributed by atoms with Crippen LogP contribution >= 0.6 is 0 Å². The van der Waals surface area contributed by atoms with E-state index in [0.717, 1.165) is 32.6 Å². The van der Waals surface area contributed by atoms with Crippen molar-refractivity contribution in [2.24, 2.45) is 11.8 Å². The molecule has 0 radical (unpaired) electrons. The minimum Gasteiger partial charge on any atom is -0.391 e. The van der Waals surface area contributed by atoms with E-state index in [1.807, 2.05) is 0 Å². The molecule has 0 aromatic rings. The molecule has 18 heavy (non-hydrogen) atoms. The average Bonchev–Trinajstić information content (AvgIpc) is 2.27. The fourth-order valence-corrected chi connectivity index (χ4v) is 4.17. The lowest BCUT2D eigenvalue weighted by Gasteiger charge is -2.48. The number of hydrogen-bond donors (Lipinski definition) is 1. The molecule has 3 nitrogen and oxygen atoms in total. The Morgan fingerprint density at radius 3 is 2.39 bits per heavy atom. The highest BCUT2D eigenvalue weighted by Gasteiger charge is 2.38. The summed E-state index contributed by atoms with van der Waals surface area (Å²) in [4.78, 5) is 5.09. The second kappa shape index (κ2) is 5.89. The van der Waals surface area contributed by atoms with Gasteiger partial charge in [0, 0.05) is 31.7 Å². The maximum atomic E-state index is 10.4. The predicted octanol–water partition coefficient (Wildman–Crippen LogP) is 1.81. The molecule has 1 aliphatic carbocycles. The van der Waals surface area contributed by atoms with Gasteiger partial charge in [0.1, 0.15) is 0 Å². The summed E-state index contributed by atoms with van der Waals surface area (Å²) >= 11 is 0. The molecule has 1 aliphatic heterocycles. The van der Waals surface area contributed by atoms with Crippen molar-refractivity contribution < 1.29 is 5.11 Å². The smallest absolute Gasteiger partial charge is 0.0700 e. The Morgan fingerprint density at radius 1 is 1.11 bits per heavy atom. The molecule has 0 bridgehead atoms. The molecular weight excluding hydrogens is 224 g/mol. The molecule has 0 aromatic heterocycles. The first-order valence-corrected chi connectivity index (χ1v) is 7.69. The van der Waals surface area contributed by atoms with Gasteiger partial charge in [-0.2, -0.15) is 0 Å². The predicted molar refractivity (Wildman–Crippen MR) is 75.6 cm³/mol. The highest BCUT2D eigenvalue weighted by atomic mass is 16.3. The molecule has 1 saturated heterocycles. The van der Waals surface area contributed by atoms with Crippen molar-refractivity contribution >= 4 is 0 Å². The van der Waals surface area contributed by atoms with Gasteiger partial charge in [-0.05, 0) is 38.1 Å². The van der Waals surface area contributed by atoms with E-state index in [1.165, 1.54) is 6.42 Å². The second-order valence-corrected chi connectivity index (χ2v) is 6.58. The zero-order valence-corrected chi connectivity index (χ0v) is 12.5. The monoisotopic (exact) mass is 254 g/mol. The summed E-state index contributed by atoms with van der Waals surface area (Å²) in [6.45, 7) is 13.7. The quantitative estimate of drug-likeness (QED) is 0.814. The number of piperazine rings is 1. The van der Waals surface area contributed by atoms with Gasteiger partial charge in [0.15, 0.2) is 0 Å². The van der Waals surface area contributed by atoms with Crippen molar-refractivity contribution in [1.29, 1.82) is 0 Å². The molecule has 0 spiro atoms. The number of hydrogen-bond acceptors (Lipinski definition) is 3. The zero-order chi connectivity index (χ0) is 13.3. The first kappa shape index (κ1) is 14.3. The van der Waals surface area contributed by atoms with E-state index < -0.39 is 0 Å². The molecule has 106 valence electrons. The van der Waals surface area contributed by atoms with Crippen LogP contribution in [0, 0.1) is 11.8 Å². The largest absolute Gasteiger partial charge is 0.391 e. The van der Waals surface area contributed by atoms with Gasteiger partial charge in [0.05, 0.1) is 6.10 Å². The third-order valence-electron chi connectivity index (χ3n) is 5.02. The Kier molecular flexibility index (Phi) is 4.68. The molecule has 5 atom stereocenters. The van der Waals surface area contributed by atoms with E-state index in [1.54, 1.807) is 0 Å². The third-order valence-corrected chi connectivity index (χ3v) is 5.02. The van der Waals surface area contributed by atoms with Gasteiger partial charge in [0.25, 0.3) is 0 Å². The molecule has 1 heterocycles. The summed E-state index contributed by atoms with van der Waals surface area (Å²) < 4.78 is 0. The van der Waals surface area contributed by atoms with Crippen LogP contribution in [0.4, 0.5) is 0 Å². The van der Waals surface area contributed by atoms with Crippen molar-refractivity contribution in [3.63, 3.8) is 0 Å². The Balaban J connectivity index is 1.99. The summed E-state index contributed by atoms with van der Waals surface area (Å²) in [6.07, 6.45) is 2.13.